The summed E-state index contributed by atoms with van der Waals surface area (Å²) in [5.74, 6) is 0.386. The van der Waals surface area contributed by atoms with E-state index in [1.165, 1.54) is 0 Å². The fourth-order valence-corrected chi connectivity index (χ4v) is 2.77. The van der Waals surface area contributed by atoms with E-state index in [1.807, 2.05) is 19.9 Å². The van der Waals surface area contributed by atoms with Crippen molar-refractivity contribution in [1.29, 1.82) is 0 Å². The van der Waals surface area contributed by atoms with Gasteiger partial charge in [0.15, 0.2) is 0 Å². The zero-order valence-electron chi connectivity index (χ0n) is 14.9. The van der Waals surface area contributed by atoms with Crippen LogP contribution in [0.15, 0.2) is 42.5 Å². The van der Waals surface area contributed by atoms with Crippen LogP contribution in [0.25, 0.3) is 0 Å². The Morgan fingerprint density at radius 2 is 1.76 bits per heavy atom. The highest BCUT2D eigenvalue weighted by Crippen LogP contribution is 2.25. The third-order valence-corrected chi connectivity index (χ3v) is 3.86. The van der Waals surface area contributed by atoms with Gasteiger partial charge < -0.3 is 15.4 Å². The Morgan fingerprint density at radius 3 is 2.44 bits per heavy atom. The molecule has 0 saturated heterocycles. The van der Waals surface area contributed by atoms with Gasteiger partial charge in [-0.2, -0.15) is 0 Å². The molecule has 2 amide bonds. The lowest BCUT2D eigenvalue weighted by Gasteiger charge is -2.13. The van der Waals surface area contributed by atoms with Crippen molar-refractivity contribution in [3.05, 3.63) is 64.7 Å². The molecule has 0 saturated carbocycles. The van der Waals surface area contributed by atoms with Gasteiger partial charge >= 0.3 is 0 Å². The minimum atomic E-state index is -0.258. The van der Waals surface area contributed by atoms with Crippen LogP contribution in [-0.4, -0.2) is 32.0 Å². The number of carbonyl (C=O) groups is 2. The number of amides is 2. The number of rotatable bonds is 7. The molecule has 2 N–H and O–H groups in total. The molecule has 0 aliphatic carbocycles. The molecule has 2 rings (SSSR count). The molecule has 25 heavy (non-hydrogen) atoms. The van der Waals surface area contributed by atoms with Crippen molar-refractivity contribution < 1.29 is 14.3 Å². The van der Waals surface area contributed by atoms with Gasteiger partial charge in [-0.25, -0.2) is 0 Å². The average Bonchev–Trinajstić information content (AvgIpc) is 2.60. The first-order chi connectivity index (χ1) is 12.0. The van der Waals surface area contributed by atoms with E-state index in [2.05, 4.69) is 22.8 Å². The maximum atomic E-state index is 11.9. The lowest BCUT2D eigenvalue weighted by molar-refractivity contribution is -0.120. The molecular weight excluding hydrogens is 316 g/mol. The normalized spacial score (nSPS) is 10.2. The van der Waals surface area contributed by atoms with Crippen molar-refractivity contribution in [1.82, 2.24) is 10.6 Å². The Morgan fingerprint density at radius 1 is 1.04 bits per heavy atom. The maximum Gasteiger partial charge on any atom is 0.251 e. The highest BCUT2D eigenvalue weighted by atomic mass is 16.5. The molecule has 0 bridgehead atoms. The summed E-state index contributed by atoms with van der Waals surface area (Å²) < 4.78 is 5.45. The molecule has 2 aromatic carbocycles. The van der Waals surface area contributed by atoms with Crippen molar-refractivity contribution in [2.75, 3.05) is 20.2 Å². The summed E-state index contributed by atoms with van der Waals surface area (Å²) in [7, 11) is 1.65. The lowest BCUT2D eigenvalue weighted by atomic mass is 10.0. The van der Waals surface area contributed by atoms with Crippen LogP contribution in [0.5, 0.6) is 5.75 Å². The molecule has 0 aliphatic rings. The van der Waals surface area contributed by atoms with Gasteiger partial charge in [-0.1, -0.05) is 35.9 Å². The van der Waals surface area contributed by atoms with E-state index in [4.69, 9.17) is 4.74 Å². The highest BCUT2D eigenvalue weighted by molar-refractivity contribution is 5.96. The van der Waals surface area contributed by atoms with Crippen molar-refractivity contribution in [2.45, 2.75) is 20.3 Å². The largest absolute Gasteiger partial charge is 0.496 e. The number of nitrogens with one attached hydrogen (secondary N) is 2. The summed E-state index contributed by atoms with van der Waals surface area (Å²) >= 11 is 0. The molecule has 0 aliphatic heterocycles. The molecule has 0 radical (unpaired) electrons. The van der Waals surface area contributed by atoms with E-state index < -0.39 is 0 Å². The van der Waals surface area contributed by atoms with E-state index in [9.17, 15) is 9.59 Å². The predicted octanol–water partition coefficient (Wildman–Crippen LogP) is 2.40. The molecule has 0 spiro atoms. The van der Waals surface area contributed by atoms with Crippen LogP contribution < -0.4 is 15.4 Å². The van der Waals surface area contributed by atoms with Crippen LogP contribution in [0, 0.1) is 13.8 Å². The summed E-state index contributed by atoms with van der Waals surface area (Å²) in [4.78, 5) is 23.8. The minimum absolute atomic E-state index is 0.0439. The number of ether oxygens (including phenoxy) is 1. The van der Waals surface area contributed by atoms with E-state index in [1.54, 1.807) is 31.4 Å². The molecule has 2 aromatic rings. The van der Waals surface area contributed by atoms with E-state index in [-0.39, 0.29) is 18.4 Å². The van der Waals surface area contributed by atoms with E-state index in [0.29, 0.717) is 18.5 Å². The van der Waals surface area contributed by atoms with Crippen LogP contribution >= 0.6 is 0 Å². The van der Waals surface area contributed by atoms with E-state index >= 15 is 0 Å². The second-order valence-corrected chi connectivity index (χ2v) is 5.92. The standard InChI is InChI=1S/C20H24N2O3/c1-14-11-15(2)19(25-3)17(12-14)9-10-21-18(23)13-22-20(24)16-7-5-4-6-8-16/h4-8,11-12H,9-10,13H2,1-3H3,(H,21,23)(H,22,24). The lowest BCUT2D eigenvalue weighted by Crippen LogP contribution is -2.37. The van der Waals surface area contributed by atoms with Gasteiger partial charge in [0, 0.05) is 12.1 Å². The molecule has 132 valence electrons. The molecule has 0 heterocycles. The van der Waals surface area contributed by atoms with Crippen LogP contribution in [-0.2, 0) is 11.2 Å². The Labute approximate surface area is 148 Å². The average molecular weight is 340 g/mol. The number of hydrogen-bond acceptors (Lipinski definition) is 3. The van der Waals surface area contributed by atoms with Crippen molar-refractivity contribution in [2.24, 2.45) is 0 Å². The Balaban J connectivity index is 1.80. The number of methoxy groups -OCH3 is 1. The van der Waals surface area contributed by atoms with Crippen molar-refractivity contribution in [3.8, 4) is 5.75 Å². The van der Waals surface area contributed by atoms with Gasteiger partial charge in [0.2, 0.25) is 5.91 Å². The summed E-state index contributed by atoms with van der Waals surface area (Å²) in [6.45, 7) is 4.48. The number of carbonyl (C=O) groups excluding carboxylic acids is 2. The Kier molecular flexibility index (Phi) is 6.57. The fourth-order valence-electron chi connectivity index (χ4n) is 2.77. The smallest absolute Gasteiger partial charge is 0.251 e. The molecule has 0 unspecified atom stereocenters. The molecule has 0 aromatic heterocycles. The highest BCUT2D eigenvalue weighted by Gasteiger charge is 2.10. The van der Waals surface area contributed by atoms with Gasteiger partial charge in [0.25, 0.3) is 5.91 Å². The van der Waals surface area contributed by atoms with Crippen LogP contribution in [0.2, 0.25) is 0 Å². The van der Waals surface area contributed by atoms with Gasteiger partial charge in [-0.05, 0) is 43.5 Å². The van der Waals surface area contributed by atoms with Gasteiger partial charge in [-0.15, -0.1) is 0 Å². The molecule has 0 atom stereocenters. The molecule has 5 nitrogen and oxygen atoms in total. The first-order valence-electron chi connectivity index (χ1n) is 8.25. The minimum Gasteiger partial charge on any atom is -0.496 e. The fraction of sp³-hybridized carbons (Fsp3) is 0.300. The summed E-state index contributed by atoms with van der Waals surface area (Å²) in [5, 5.41) is 5.43. The van der Waals surface area contributed by atoms with Gasteiger partial charge in [0.1, 0.15) is 5.75 Å². The third kappa shape index (κ3) is 5.35. The van der Waals surface area contributed by atoms with Gasteiger partial charge in [0.05, 0.1) is 13.7 Å². The monoisotopic (exact) mass is 340 g/mol. The maximum absolute atomic E-state index is 11.9. The summed E-state index contributed by atoms with van der Waals surface area (Å²) in [6, 6.07) is 13.0. The van der Waals surface area contributed by atoms with Crippen LogP contribution in [0.3, 0.4) is 0 Å². The van der Waals surface area contributed by atoms with Crippen molar-refractivity contribution in [3.63, 3.8) is 0 Å². The van der Waals surface area contributed by atoms with E-state index in [0.717, 1.165) is 22.4 Å². The number of aryl methyl sites for hydroxylation is 2. The molecular formula is C20H24N2O3. The number of benzene rings is 2. The second-order valence-electron chi connectivity index (χ2n) is 5.92. The van der Waals surface area contributed by atoms with Gasteiger partial charge in [-0.3, -0.25) is 9.59 Å². The molecule has 0 fully saturated rings. The molecule has 5 heteroatoms. The Hall–Kier alpha value is -2.82. The zero-order valence-corrected chi connectivity index (χ0v) is 14.9. The summed E-state index contributed by atoms with van der Waals surface area (Å²) in [6.07, 6.45) is 0.671. The van der Waals surface area contributed by atoms with Crippen LogP contribution in [0.4, 0.5) is 0 Å². The van der Waals surface area contributed by atoms with Crippen molar-refractivity contribution >= 4 is 11.8 Å². The predicted molar refractivity (Wildman–Crippen MR) is 98.0 cm³/mol. The Bertz CT molecular complexity index is 742. The quantitative estimate of drug-likeness (QED) is 0.813. The second kappa shape index (κ2) is 8.87. The first kappa shape index (κ1) is 18.5. The van der Waals surface area contributed by atoms with Crippen LogP contribution in [0.1, 0.15) is 27.0 Å². The topological polar surface area (TPSA) is 67.4 Å². The first-order valence-corrected chi connectivity index (χ1v) is 8.25. The summed E-state index contributed by atoms with van der Waals surface area (Å²) in [5.41, 5.74) is 3.84. The SMILES string of the molecule is COc1c(C)cc(C)cc1CCNC(=O)CNC(=O)c1ccccc1. The third-order valence-electron chi connectivity index (χ3n) is 3.86. The number of hydrogen-bond donors (Lipinski definition) is 2. The zero-order chi connectivity index (χ0) is 18.2.